The molecular formula is C40H22F12FeP2. The normalized spacial score (nSPS) is 13.2. The fourth-order valence-electron chi connectivity index (χ4n) is 5.43. The van der Waals surface area contributed by atoms with Crippen molar-refractivity contribution in [2.75, 3.05) is 0 Å². The molecular weight excluding hydrogens is 826 g/mol. The Morgan fingerprint density at radius 1 is 0.527 bits per heavy atom. The van der Waals surface area contributed by atoms with Crippen molar-refractivity contribution in [3.05, 3.63) is 172 Å². The van der Waals surface area contributed by atoms with Crippen LogP contribution in [0.3, 0.4) is 0 Å². The van der Waals surface area contributed by atoms with Gasteiger partial charge in [0.15, 0.2) is 0 Å². The zero-order valence-corrected chi connectivity index (χ0v) is 30.6. The van der Waals surface area contributed by atoms with Crippen molar-refractivity contribution >= 4 is 42.4 Å². The van der Waals surface area contributed by atoms with Gasteiger partial charge in [0, 0.05) is 0 Å². The number of benzene rings is 4. The Balaban J connectivity index is 0.00000104. The van der Waals surface area contributed by atoms with Crippen LogP contribution in [0.1, 0.15) is 40.4 Å². The molecule has 1 aliphatic rings. The van der Waals surface area contributed by atoms with E-state index in [2.05, 4.69) is 35.4 Å². The molecule has 0 aromatic heterocycles. The molecule has 6 rings (SSSR count). The average molecular weight is 848 g/mol. The van der Waals surface area contributed by atoms with Gasteiger partial charge in [0.05, 0.1) is 22.3 Å². The first-order chi connectivity index (χ1) is 25.2. The van der Waals surface area contributed by atoms with Crippen molar-refractivity contribution in [2.24, 2.45) is 0 Å². The van der Waals surface area contributed by atoms with E-state index in [9.17, 15) is 52.7 Å². The van der Waals surface area contributed by atoms with Crippen LogP contribution in [0.15, 0.2) is 126 Å². The summed E-state index contributed by atoms with van der Waals surface area (Å²) in [7, 11) is -3.55. The summed E-state index contributed by atoms with van der Waals surface area (Å²) in [5, 5.41) is 2.02. The monoisotopic (exact) mass is 848 g/mol. The predicted molar refractivity (Wildman–Crippen MR) is 184 cm³/mol. The second-order valence-corrected chi connectivity index (χ2v) is 16.2. The van der Waals surface area contributed by atoms with Crippen LogP contribution >= 0.6 is 15.8 Å². The van der Waals surface area contributed by atoms with E-state index in [1.807, 2.05) is 0 Å². The smallest absolute Gasteiger partial charge is 0.288 e. The summed E-state index contributed by atoms with van der Waals surface area (Å²) < 4.78 is 161. The molecule has 0 N–H and O–H groups in total. The SMILES string of the molecule is C[C@H](c1[c]cc[c-]1P(c1ccc(C(F)(F)F)cc1)c1ccc(C(F)(F)F)cc1)P(c1ccc(C(F)(F)F)cc1)c1ccc(C(F)(F)F)cc1.[C]1=C=C=C=[C-]1.[Fe+2]. The molecule has 0 bridgehead atoms. The number of hydrogen-bond acceptors (Lipinski definition) is 0. The number of halogens is 12. The Kier molecular flexibility index (Phi) is 13.7. The van der Waals surface area contributed by atoms with Crippen molar-refractivity contribution < 1.29 is 69.8 Å². The Hall–Kier alpha value is -4.15. The minimum Gasteiger partial charge on any atom is -0.288 e. The number of alkyl halides is 12. The van der Waals surface area contributed by atoms with Crippen molar-refractivity contribution in [1.29, 1.82) is 0 Å². The van der Waals surface area contributed by atoms with Crippen molar-refractivity contribution in [1.82, 2.24) is 0 Å². The van der Waals surface area contributed by atoms with Gasteiger partial charge in [0.25, 0.3) is 0 Å². The van der Waals surface area contributed by atoms with Crippen LogP contribution in [-0.4, -0.2) is 0 Å². The molecule has 0 unspecified atom stereocenters. The van der Waals surface area contributed by atoms with Crippen LogP contribution in [0.25, 0.3) is 0 Å². The Morgan fingerprint density at radius 3 is 1.15 bits per heavy atom. The average Bonchev–Trinajstić information content (AvgIpc) is 3.85. The van der Waals surface area contributed by atoms with Gasteiger partial charge in [0.1, 0.15) is 0 Å². The van der Waals surface area contributed by atoms with Gasteiger partial charge in [0.2, 0.25) is 0 Å². The molecule has 55 heavy (non-hydrogen) atoms. The fourth-order valence-corrected chi connectivity index (χ4v) is 10.6. The first kappa shape index (κ1) is 43.6. The van der Waals surface area contributed by atoms with Gasteiger partial charge in [-0.25, -0.2) is 17.9 Å². The van der Waals surface area contributed by atoms with Gasteiger partial charge in [-0.2, -0.15) is 64.3 Å². The van der Waals surface area contributed by atoms with Gasteiger partial charge in [-0.15, -0.1) is 17.5 Å². The Labute approximate surface area is 320 Å². The fraction of sp³-hybridized carbons (Fsp3) is 0.150. The summed E-state index contributed by atoms with van der Waals surface area (Å²) in [6, 6.07) is 23.1. The summed E-state index contributed by atoms with van der Waals surface area (Å²) in [4.78, 5) is 0. The largest absolute Gasteiger partial charge is 2.00 e. The van der Waals surface area contributed by atoms with E-state index in [0.29, 0.717) is 32.1 Å². The molecule has 5 aromatic rings. The van der Waals surface area contributed by atoms with Crippen molar-refractivity contribution in [2.45, 2.75) is 37.3 Å². The molecule has 15 heteroatoms. The molecule has 0 nitrogen and oxygen atoms in total. The molecule has 0 spiro atoms. The third kappa shape index (κ3) is 10.8. The third-order valence-electron chi connectivity index (χ3n) is 7.97. The Bertz CT molecular complexity index is 2040. The molecule has 284 valence electrons. The molecule has 0 saturated heterocycles. The summed E-state index contributed by atoms with van der Waals surface area (Å²) in [6.45, 7) is 1.71. The minimum absolute atomic E-state index is 0. The van der Waals surface area contributed by atoms with E-state index in [0.717, 1.165) is 48.5 Å². The summed E-state index contributed by atoms with van der Waals surface area (Å²) in [5.74, 6) is 0. The van der Waals surface area contributed by atoms with Crippen LogP contribution < -0.4 is 26.5 Å². The van der Waals surface area contributed by atoms with E-state index >= 15 is 0 Å². The molecule has 0 aliphatic heterocycles. The van der Waals surface area contributed by atoms with Gasteiger partial charge in [-0.05, 0) is 83.3 Å². The second kappa shape index (κ2) is 17.3. The maximum atomic E-state index is 13.4. The van der Waals surface area contributed by atoms with Gasteiger partial charge >= 0.3 is 41.8 Å². The zero-order valence-electron chi connectivity index (χ0n) is 27.8. The van der Waals surface area contributed by atoms with Gasteiger partial charge in [-0.1, -0.05) is 63.4 Å². The number of hydrogen-bond donors (Lipinski definition) is 0. The van der Waals surface area contributed by atoms with Crippen LogP contribution in [-0.2, 0) is 41.8 Å². The molecule has 1 aliphatic carbocycles. The molecule has 1 atom stereocenters. The van der Waals surface area contributed by atoms with E-state index in [-0.39, 0.29) is 17.1 Å². The van der Waals surface area contributed by atoms with Crippen molar-refractivity contribution in [3.8, 4) is 0 Å². The van der Waals surface area contributed by atoms with E-state index in [1.54, 1.807) is 13.0 Å². The summed E-state index contributed by atoms with van der Waals surface area (Å²) in [5.41, 5.74) is 3.60. The predicted octanol–water partition coefficient (Wildman–Crippen LogP) is 10.9. The third-order valence-corrected chi connectivity index (χ3v) is 13.2. The van der Waals surface area contributed by atoms with Gasteiger partial charge in [-0.3, -0.25) is 11.5 Å². The molecule has 5 aromatic carbocycles. The molecule has 0 amide bonds. The maximum absolute atomic E-state index is 13.4. The topological polar surface area (TPSA) is 0 Å². The van der Waals surface area contributed by atoms with E-state index < -0.39 is 68.5 Å². The number of allylic oxidation sites excluding steroid dienone is 2. The first-order valence-corrected chi connectivity index (χ1v) is 18.2. The zero-order chi connectivity index (χ0) is 39.5. The molecule has 0 saturated carbocycles. The van der Waals surface area contributed by atoms with Gasteiger partial charge < -0.3 is 0 Å². The summed E-state index contributed by atoms with van der Waals surface area (Å²) >= 11 is 0. The molecule has 2 radical (unpaired) electrons. The van der Waals surface area contributed by atoms with Crippen molar-refractivity contribution in [3.63, 3.8) is 0 Å². The van der Waals surface area contributed by atoms with E-state index in [4.69, 9.17) is 0 Å². The van der Waals surface area contributed by atoms with Crippen LogP contribution in [0.5, 0.6) is 0 Å². The van der Waals surface area contributed by atoms with Crippen LogP contribution in [0, 0.1) is 18.2 Å². The quantitative estimate of drug-likeness (QED) is 0.0503. The van der Waals surface area contributed by atoms with Crippen LogP contribution in [0.4, 0.5) is 52.7 Å². The first-order valence-electron chi connectivity index (χ1n) is 15.5. The number of rotatable bonds is 7. The summed E-state index contributed by atoms with van der Waals surface area (Å²) in [6.07, 6.45) is -13.6. The Morgan fingerprint density at radius 2 is 0.873 bits per heavy atom. The second-order valence-electron chi connectivity index (χ2n) is 11.5. The standard InChI is InChI=1S/C35H22F12P2.C5.Fe/c1-21(48(26-13-5-22(6-14-26)32(36,37)38)27-15-7-23(8-16-27)33(39,40)41)30-3-2-4-31(30)49(28-17-9-24(10-18-28)34(42,43)44)29-19-11-25(12-20-29)35(45,46)47;1-2-4-5-3-1;/h2,4-21H,1H3;;/q2*-1;+2/t21-;;/m1../s1. The maximum Gasteiger partial charge on any atom is 2.00 e. The van der Waals surface area contributed by atoms with Crippen LogP contribution in [0.2, 0.25) is 0 Å². The molecule has 0 fully saturated rings. The minimum atomic E-state index is -4.65. The molecule has 0 heterocycles. The van der Waals surface area contributed by atoms with E-state index in [1.165, 1.54) is 54.6 Å².